The van der Waals surface area contributed by atoms with Crippen molar-refractivity contribution in [3.63, 3.8) is 0 Å². The molecule has 0 aromatic heterocycles. The molecule has 1 N–H and O–H groups in total. The van der Waals surface area contributed by atoms with Crippen molar-refractivity contribution in [2.24, 2.45) is 0 Å². The lowest BCUT2D eigenvalue weighted by Gasteiger charge is -2.33. The summed E-state index contributed by atoms with van der Waals surface area (Å²) in [5.41, 5.74) is 0.850. The minimum Gasteiger partial charge on any atom is -0.481 e. The molecule has 1 aliphatic heterocycles. The van der Waals surface area contributed by atoms with Gasteiger partial charge in [0.1, 0.15) is 5.75 Å². The van der Waals surface area contributed by atoms with Gasteiger partial charge in [-0.15, -0.1) is 0 Å². The number of carboxylic acid groups (broad SMARTS) is 1. The Hall–Kier alpha value is -1.79. The van der Waals surface area contributed by atoms with Crippen molar-refractivity contribution in [1.29, 1.82) is 0 Å². The molecule has 1 fully saturated rings. The Balaban J connectivity index is 1.97. The van der Waals surface area contributed by atoms with Crippen LogP contribution in [0.2, 0.25) is 5.02 Å². The first kappa shape index (κ1) is 17.6. The first-order chi connectivity index (χ1) is 10.9. The van der Waals surface area contributed by atoms with Crippen LogP contribution >= 0.6 is 11.6 Å². The molecular formula is C16H20ClNO5. The molecule has 0 bridgehead atoms. The van der Waals surface area contributed by atoms with E-state index >= 15 is 0 Å². The van der Waals surface area contributed by atoms with Crippen LogP contribution in [0.15, 0.2) is 18.2 Å². The maximum absolute atomic E-state index is 12.5. The summed E-state index contributed by atoms with van der Waals surface area (Å²) in [5.74, 6) is -0.519. The minimum atomic E-state index is -0.939. The average Bonchev–Trinajstić information content (AvgIpc) is 2.49. The predicted octanol–water partition coefficient (Wildman–Crippen LogP) is 2.12. The van der Waals surface area contributed by atoms with Crippen LogP contribution in [-0.4, -0.2) is 53.8 Å². The van der Waals surface area contributed by atoms with Gasteiger partial charge >= 0.3 is 5.97 Å². The van der Waals surface area contributed by atoms with Gasteiger partial charge in [-0.3, -0.25) is 9.59 Å². The SMILES string of the molecule is Cc1cc(Cl)ccc1O[C@H](C)C(=O)N1CCO[C@@H](CC(=O)O)C1. The molecule has 0 spiro atoms. The van der Waals surface area contributed by atoms with Crippen molar-refractivity contribution >= 4 is 23.5 Å². The van der Waals surface area contributed by atoms with Crippen molar-refractivity contribution < 1.29 is 24.2 Å². The van der Waals surface area contributed by atoms with Crippen LogP contribution in [0.1, 0.15) is 18.9 Å². The van der Waals surface area contributed by atoms with Crippen LogP contribution < -0.4 is 4.74 Å². The van der Waals surface area contributed by atoms with Crippen molar-refractivity contribution in [2.75, 3.05) is 19.7 Å². The molecule has 0 radical (unpaired) electrons. The molecule has 0 saturated carbocycles. The number of nitrogens with zero attached hydrogens (tertiary/aromatic N) is 1. The maximum Gasteiger partial charge on any atom is 0.306 e. The van der Waals surface area contributed by atoms with E-state index in [2.05, 4.69) is 0 Å². The Morgan fingerprint density at radius 2 is 2.26 bits per heavy atom. The molecule has 6 nitrogen and oxygen atoms in total. The molecule has 0 unspecified atom stereocenters. The predicted molar refractivity (Wildman–Crippen MR) is 84.9 cm³/mol. The highest BCUT2D eigenvalue weighted by atomic mass is 35.5. The summed E-state index contributed by atoms with van der Waals surface area (Å²) in [6.07, 6.45) is -1.26. The van der Waals surface area contributed by atoms with E-state index in [9.17, 15) is 9.59 Å². The second-order valence-corrected chi connectivity index (χ2v) is 5.98. The largest absolute Gasteiger partial charge is 0.481 e. The number of ether oxygens (including phenoxy) is 2. The van der Waals surface area contributed by atoms with Gasteiger partial charge in [0.15, 0.2) is 6.10 Å². The van der Waals surface area contributed by atoms with Crippen LogP contribution in [0.25, 0.3) is 0 Å². The third kappa shape index (κ3) is 4.84. The number of amides is 1. The molecule has 0 aliphatic carbocycles. The second kappa shape index (κ2) is 7.66. The van der Waals surface area contributed by atoms with E-state index in [1.165, 1.54) is 0 Å². The van der Waals surface area contributed by atoms with E-state index in [1.54, 1.807) is 30.0 Å². The van der Waals surface area contributed by atoms with E-state index in [0.29, 0.717) is 23.9 Å². The summed E-state index contributed by atoms with van der Waals surface area (Å²) in [6.45, 7) is 4.56. The Labute approximate surface area is 139 Å². The number of carboxylic acids is 1. The van der Waals surface area contributed by atoms with Gasteiger partial charge in [-0.2, -0.15) is 0 Å². The highest BCUT2D eigenvalue weighted by Crippen LogP contribution is 2.23. The molecule has 1 saturated heterocycles. The number of aryl methyl sites for hydroxylation is 1. The normalized spacial score (nSPS) is 19.3. The van der Waals surface area contributed by atoms with E-state index in [0.717, 1.165) is 5.56 Å². The van der Waals surface area contributed by atoms with E-state index in [1.807, 2.05) is 6.92 Å². The van der Waals surface area contributed by atoms with Gasteiger partial charge in [0.2, 0.25) is 0 Å². The Kier molecular flexibility index (Phi) is 5.85. The van der Waals surface area contributed by atoms with Gasteiger partial charge in [-0.05, 0) is 37.6 Å². The van der Waals surface area contributed by atoms with Crippen molar-refractivity contribution in [3.8, 4) is 5.75 Å². The van der Waals surface area contributed by atoms with Gasteiger partial charge in [0.25, 0.3) is 5.91 Å². The van der Waals surface area contributed by atoms with Crippen LogP contribution in [0.5, 0.6) is 5.75 Å². The molecule has 23 heavy (non-hydrogen) atoms. The molecule has 2 atom stereocenters. The van der Waals surface area contributed by atoms with Crippen molar-refractivity contribution in [3.05, 3.63) is 28.8 Å². The topological polar surface area (TPSA) is 76.1 Å². The van der Waals surface area contributed by atoms with E-state index in [-0.39, 0.29) is 18.9 Å². The van der Waals surface area contributed by atoms with Gasteiger partial charge in [-0.1, -0.05) is 11.6 Å². The fourth-order valence-corrected chi connectivity index (χ4v) is 2.71. The standard InChI is InChI=1S/C16H20ClNO5/c1-10-7-12(17)3-4-14(10)23-11(2)16(21)18-5-6-22-13(9-18)8-15(19)20/h3-4,7,11,13H,5-6,8-9H2,1-2H3,(H,19,20)/t11-,13+/m1/s1. The van der Waals surface area contributed by atoms with Gasteiger partial charge < -0.3 is 19.5 Å². The number of rotatable bonds is 5. The van der Waals surface area contributed by atoms with E-state index in [4.69, 9.17) is 26.2 Å². The number of morpholine rings is 1. The number of carbonyl (C=O) groups excluding carboxylic acids is 1. The Bertz CT molecular complexity index is 592. The first-order valence-electron chi connectivity index (χ1n) is 7.42. The molecule has 1 aromatic carbocycles. The summed E-state index contributed by atoms with van der Waals surface area (Å²) >= 11 is 5.90. The van der Waals surface area contributed by atoms with Gasteiger partial charge in [0.05, 0.1) is 19.1 Å². The lowest BCUT2D eigenvalue weighted by atomic mass is 10.2. The summed E-state index contributed by atoms with van der Waals surface area (Å²) < 4.78 is 11.1. The zero-order chi connectivity index (χ0) is 17.0. The Morgan fingerprint density at radius 3 is 2.91 bits per heavy atom. The number of halogens is 1. The van der Waals surface area contributed by atoms with Crippen LogP contribution in [0.3, 0.4) is 0 Å². The summed E-state index contributed by atoms with van der Waals surface area (Å²) in [4.78, 5) is 24.8. The van der Waals surface area contributed by atoms with Crippen LogP contribution in [0, 0.1) is 6.92 Å². The molecule has 2 rings (SSSR count). The molecule has 7 heteroatoms. The molecule has 1 aliphatic rings. The summed E-state index contributed by atoms with van der Waals surface area (Å²) in [5, 5.41) is 9.44. The molecular weight excluding hydrogens is 322 g/mol. The third-order valence-electron chi connectivity index (χ3n) is 3.64. The summed E-state index contributed by atoms with van der Waals surface area (Å²) in [6, 6.07) is 5.21. The maximum atomic E-state index is 12.5. The highest BCUT2D eigenvalue weighted by molar-refractivity contribution is 6.30. The Morgan fingerprint density at radius 1 is 1.52 bits per heavy atom. The third-order valence-corrected chi connectivity index (χ3v) is 3.88. The highest BCUT2D eigenvalue weighted by Gasteiger charge is 2.29. The first-order valence-corrected chi connectivity index (χ1v) is 7.79. The van der Waals surface area contributed by atoms with Gasteiger partial charge in [0, 0.05) is 18.1 Å². The number of carbonyl (C=O) groups is 2. The second-order valence-electron chi connectivity index (χ2n) is 5.54. The lowest BCUT2D eigenvalue weighted by Crippen LogP contribution is -2.50. The number of benzene rings is 1. The fourth-order valence-electron chi connectivity index (χ4n) is 2.48. The summed E-state index contributed by atoms with van der Waals surface area (Å²) in [7, 11) is 0. The van der Waals surface area contributed by atoms with Crippen LogP contribution in [0.4, 0.5) is 0 Å². The number of hydrogen-bond donors (Lipinski definition) is 1. The molecule has 1 amide bonds. The minimum absolute atomic E-state index is 0.116. The zero-order valence-corrected chi connectivity index (χ0v) is 13.9. The monoisotopic (exact) mass is 341 g/mol. The van der Waals surface area contributed by atoms with Crippen molar-refractivity contribution in [2.45, 2.75) is 32.5 Å². The smallest absolute Gasteiger partial charge is 0.306 e. The van der Waals surface area contributed by atoms with Crippen LogP contribution in [-0.2, 0) is 14.3 Å². The average molecular weight is 342 g/mol. The fraction of sp³-hybridized carbons (Fsp3) is 0.500. The zero-order valence-electron chi connectivity index (χ0n) is 13.1. The van der Waals surface area contributed by atoms with Crippen molar-refractivity contribution in [1.82, 2.24) is 4.90 Å². The van der Waals surface area contributed by atoms with E-state index < -0.39 is 18.2 Å². The number of hydrogen-bond acceptors (Lipinski definition) is 4. The lowest BCUT2D eigenvalue weighted by molar-refractivity contribution is -0.151. The number of aliphatic carboxylic acids is 1. The molecule has 126 valence electrons. The molecule has 1 heterocycles. The quantitative estimate of drug-likeness (QED) is 0.887. The van der Waals surface area contributed by atoms with Gasteiger partial charge in [-0.25, -0.2) is 0 Å². The molecule has 1 aromatic rings.